The molecule has 0 aromatic heterocycles. The first-order valence-electron chi connectivity index (χ1n) is 6.31. The van der Waals surface area contributed by atoms with Crippen molar-refractivity contribution in [3.05, 3.63) is 63.9 Å². The SMILES string of the molecule is N#Cc1ccccc1COC(=O)COc1ccc(F)cc1Br. The van der Waals surface area contributed by atoms with Crippen LogP contribution in [0.15, 0.2) is 46.9 Å². The quantitative estimate of drug-likeness (QED) is 0.761. The van der Waals surface area contributed by atoms with E-state index in [2.05, 4.69) is 15.9 Å². The Labute approximate surface area is 135 Å². The minimum atomic E-state index is -0.580. The van der Waals surface area contributed by atoms with Gasteiger partial charge in [0.2, 0.25) is 0 Å². The molecule has 4 nitrogen and oxygen atoms in total. The molecule has 2 aromatic carbocycles. The zero-order valence-electron chi connectivity index (χ0n) is 11.4. The van der Waals surface area contributed by atoms with Crippen LogP contribution in [-0.4, -0.2) is 12.6 Å². The number of nitriles is 1. The third-order valence-electron chi connectivity index (χ3n) is 2.77. The lowest BCUT2D eigenvalue weighted by atomic mass is 10.1. The predicted molar refractivity (Wildman–Crippen MR) is 80.5 cm³/mol. The van der Waals surface area contributed by atoms with Crippen LogP contribution in [0, 0.1) is 17.1 Å². The number of halogens is 2. The van der Waals surface area contributed by atoms with Gasteiger partial charge in [0.25, 0.3) is 0 Å². The van der Waals surface area contributed by atoms with Crippen LogP contribution in [-0.2, 0) is 16.1 Å². The van der Waals surface area contributed by atoms with Crippen molar-refractivity contribution in [2.24, 2.45) is 0 Å². The number of ether oxygens (including phenoxy) is 2. The second-order valence-electron chi connectivity index (χ2n) is 4.29. The lowest BCUT2D eigenvalue weighted by Gasteiger charge is -2.09. The zero-order chi connectivity index (χ0) is 15.9. The lowest BCUT2D eigenvalue weighted by Crippen LogP contribution is -2.15. The Morgan fingerprint density at radius 1 is 1.27 bits per heavy atom. The van der Waals surface area contributed by atoms with Crippen molar-refractivity contribution in [2.45, 2.75) is 6.61 Å². The predicted octanol–water partition coefficient (Wildman–Crippen LogP) is 3.58. The smallest absolute Gasteiger partial charge is 0.344 e. The monoisotopic (exact) mass is 363 g/mol. The van der Waals surface area contributed by atoms with Crippen LogP contribution in [0.5, 0.6) is 5.75 Å². The summed E-state index contributed by atoms with van der Waals surface area (Å²) in [6, 6.07) is 12.8. The van der Waals surface area contributed by atoms with Gasteiger partial charge in [-0.2, -0.15) is 5.26 Å². The van der Waals surface area contributed by atoms with E-state index in [1.54, 1.807) is 24.3 Å². The number of esters is 1. The highest BCUT2D eigenvalue weighted by atomic mass is 79.9. The van der Waals surface area contributed by atoms with Gasteiger partial charge in [0.1, 0.15) is 18.2 Å². The van der Waals surface area contributed by atoms with E-state index < -0.39 is 11.8 Å². The molecular formula is C16H11BrFNO3. The normalized spacial score (nSPS) is 9.86. The highest BCUT2D eigenvalue weighted by Crippen LogP contribution is 2.25. The van der Waals surface area contributed by atoms with Crippen molar-refractivity contribution in [3.8, 4) is 11.8 Å². The molecule has 0 aliphatic carbocycles. The number of carbonyl (C=O) groups is 1. The molecule has 22 heavy (non-hydrogen) atoms. The average Bonchev–Trinajstić information content (AvgIpc) is 2.52. The lowest BCUT2D eigenvalue weighted by molar-refractivity contribution is -0.147. The molecule has 0 N–H and O–H groups in total. The number of benzene rings is 2. The Morgan fingerprint density at radius 2 is 2.05 bits per heavy atom. The Kier molecular flexibility index (Phi) is 5.50. The van der Waals surface area contributed by atoms with E-state index in [9.17, 15) is 9.18 Å². The number of hydrogen-bond acceptors (Lipinski definition) is 4. The van der Waals surface area contributed by atoms with E-state index >= 15 is 0 Å². The molecule has 0 unspecified atom stereocenters. The molecule has 0 radical (unpaired) electrons. The molecule has 0 saturated carbocycles. The summed E-state index contributed by atoms with van der Waals surface area (Å²) in [6.45, 7) is -0.310. The summed E-state index contributed by atoms with van der Waals surface area (Å²) >= 11 is 3.14. The molecule has 6 heteroatoms. The molecule has 2 aromatic rings. The fourth-order valence-corrected chi connectivity index (χ4v) is 2.15. The van der Waals surface area contributed by atoms with Crippen molar-refractivity contribution in [2.75, 3.05) is 6.61 Å². The van der Waals surface area contributed by atoms with E-state index in [-0.39, 0.29) is 13.2 Å². The molecule has 0 amide bonds. The molecule has 0 saturated heterocycles. The number of hydrogen-bond donors (Lipinski definition) is 0. The average molecular weight is 364 g/mol. The van der Waals surface area contributed by atoms with Gasteiger partial charge in [0, 0.05) is 5.56 Å². The van der Waals surface area contributed by atoms with Crippen LogP contribution >= 0.6 is 15.9 Å². The Morgan fingerprint density at radius 3 is 2.77 bits per heavy atom. The number of rotatable bonds is 5. The van der Waals surface area contributed by atoms with Gasteiger partial charge in [-0.3, -0.25) is 0 Å². The van der Waals surface area contributed by atoms with E-state index in [1.165, 1.54) is 18.2 Å². The second-order valence-corrected chi connectivity index (χ2v) is 5.15. The van der Waals surface area contributed by atoms with Crippen LogP contribution in [0.2, 0.25) is 0 Å². The summed E-state index contributed by atoms with van der Waals surface area (Å²) in [4.78, 5) is 11.6. The highest BCUT2D eigenvalue weighted by Gasteiger charge is 2.09. The fourth-order valence-electron chi connectivity index (χ4n) is 1.68. The van der Waals surface area contributed by atoms with Crippen molar-refractivity contribution in [3.63, 3.8) is 0 Å². The van der Waals surface area contributed by atoms with Gasteiger partial charge >= 0.3 is 5.97 Å². The van der Waals surface area contributed by atoms with Crippen LogP contribution in [0.4, 0.5) is 4.39 Å². The summed E-state index contributed by atoms with van der Waals surface area (Å²) < 4.78 is 23.6. The maximum Gasteiger partial charge on any atom is 0.344 e. The largest absolute Gasteiger partial charge is 0.481 e. The van der Waals surface area contributed by atoms with Gasteiger partial charge in [-0.25, -0.2) is 9.18 Å². The van der Waals surface area contributed by atoms with Crippen LogP contribution in [0.25, 0.3) is 0 Å². The van der Waals surface area contributed by atoms with E-state index in [0.29, 0.717) is 21.3 Å². The maximum atomic E-state index is 12.9. The van der Waals surface area contributed by atoms with Gasteiger partial charge in [-0.1, -0.05) is 18.2 Å². The molecule has 2 rings (SSSR count). The van der Waals surface area contributed by atoms with Crippen LogP contribution in [0.1, 0.15) is 11.1 Å². The topological polar surface area (TPSA) is 59.3 Å². The number of carbonyl (C=O) groups excluding carboxylic acids is 1. The molecule has 0 atom stereocenters. The number of nitrogens with zero attached hydrogens (tertiary/aromatic N) is 1. The first-order valence-corrected chi connectivity index (χ1v) is 7.11. The van der Waals surface area contributed by atoms with Gasteiger partial charge in [-0.05, 0) is 40.2 Å². The van der Waals surface area contributed by atoms with Gasteiger partial charge in [0.05, 0.1) is 16.1 Å². The molecule has 0 aliphatic heterocycles. The fraction of sp³-hybridized carbons (Fsp3) is 0.125. The first-order chi connectivity index (χ1) is 10.6. The molecule has 0 spiro atoms. The van der Waals surface area contributed by atoms with Crippen molar-refractivity contribution >= 4 is 21.9 Å². The van der Waals surface area contributed by atoms with Crippen molar-refractivity contribution in [1.82, 2.24) is 0 Å². The zero-order valence-corrected chi connectivity index (χ0v) is 13.0. The third-order valence-corrected chi connectivity index (χ3v) is 3.39. The second kappa shape index (κ2) is 7.57. The van der Waals surface area contributed by atoms with Crippen LogP contribution in [0.3, 0.4) is 0 Å². The maximum absolute atomic E-state index is 12.9. The minimum absolute atomic E-state index is 0.00346. The summed E-state index contributed by atoms with van der Waals surface area (Å²) in [5.41, 5.74) is 1.08. The third kappa shape index (κ3) is 4.30. The Hall–Kier alpha value is -2.39. The van der Waals surface area contributed by atoms with E-state index in [1.807, 2.05) is 6.07 Å². The standard InChI is InChI=1S/C16H11BrFNO3/c17-14-7-13(18)5-6-15(14)21-10-16(20)22-9-12-4-2-1-3-11(12)8-19/h1-7H,9-10H2. The molecule has 0 bridgehead atoms. The van der Waals surface area contributed by atoms with Crippen molar-refractivity contribution < 1.29 is 18.7 Å². The summed E-state index contributed by atoms with van der Waals surface area (Å²) in [7, 11) is 0. The molecule has 112 valence electrons. The van der Waals surface area contributed by atoms with E-state index in [0.717, 1.165) is 0 Å². The van der Waals surface area contributed by atoms with Gasteiger partial charge in [-0.15, -0.1) is 0 Å². The molecule has 0 heterocycles. The minimum Gasteiger partial charge on any atom is -0.481 e. The first kappa shape index (κ1) is 16.0. The summed E-state index contributed by atoms with van der Waals surface area (Å²) in [6.07, 6.45) is 0. The molecule has 0 aliphatic rings. The Balaban J connectivity index is 1.87. The molecule has 0 fully saturated rings. The van der Waals surface area contributed by atoms with Gasteiger partial charge < -0.3 is 9.47 Å². The molecular weight excluding hydrogens is 353 g/mol. The summed E-state index contributed by atoms with van der Waals surface area (Å²) in [5, 5.41) is 8.94. The van der Waals surface area contributed by atoms with Crippen LogP contribution < -0.4 is 4.74 Å². The van der Waals surface area contributed by atoms with Crippen molar-refractivity contribution in [1.29, 1.82) is 5.26 Å². The Bertz CT molecular complexity index is 728. The highest BCUT2D eigenvalue weighted by molar-refractivity contribution is 9.10. The summed E-state index contributed by atoms with van der Waals surface area (Å²) in [5.74, 6) is -0.644. The van der Waals surface area contributed by atoms with Gasteiger partial charge in [0.15, 0.2) is 6.61 Å². The van der Waals surface area contributed by atoms with E-state index in [4.69, 9.17) is 14.7 Å².